The van der Waals surface area contributed by atoms with Gasteiger partial charge in [0.1, 0.15) is 0 Å². The number of anilines is 1. The Morgan fingerprint density at radius 1 is 1.19 bits per heavy atom. The molecule has 1 aromatic heterocycles. The van der Waals surface area contributed by atoms with Crippen LogP contribution in [0.4, 0.5) is 5.69 Å². The zero-order valence-corrected chi connectivity index (χ0v) is 12.6. The van der Waals surface area contributed by atoms with Crippen molar-refractivity contribution in [3.8, 4) is 5.88 Å². The van der Waals surface area contributed by atoms with Crippen LogP contribution in [0.25, 0.3) is 0 Å². The van der Waals surface area contributed by atoms with E-state index in [2.05, 4.69) is 15.0 Å². The highest BCUT2D eigenvalue weighted by atomic mass is 32.2. The quantitative estimate of drug-likeness (QED) is 0.847. The zero-order chi connectivity index (χ0) is 15.3. The molecule has 0 amide bonds. The highest BCUT2D eigenvalue weighted by Gasteiger charge is 2.11. The Morgan fingerprint density at radius 3 is 2.67 bits per heavy atom. The number of rotatable bonds is 6. The summed E-state index contributed by atoms with van der Waals surface area (Å²) in [5, 5.41) is 3.14. The molecule has 2 N–H and O–H groups in total. The van der Waals surface area contributed by atoms with Crippen molar-refractivity contribution in [2.45, 2.75) is 11.4 Å². The van der Waals surface area contributed by atoms with Crippen LogP contribution in [0.15, 0.2) is 47.4 Å². The number of methoxy groups -OCH3 is 1. The van der Waals surface area contributed by atoms with Crippen molar-refractivity contribution in [3.05, 3.63) is 48.2 Å². The molecule has 0 radical (unpaired) electrons. The predicted octanol–water partition coefficient (Wildman–Crippen LogP) is 1.61. The van der Waals surface area contributed by atoms with Gasteiger partial charge in [0.25, 0.3) is 0 Å². The number of aromatic nitrogens is 1. The molecule has 0 saturated carbocycles. The van der Waals surface area contributed by atoms with Crippen molar-refractivity contribution in [1.29, 1.82) is 0 Å². The minimum atomic E-state index is -3.44. The van der Waals surface area contributed by atoms with Gasteiger partial charge in [0.15, 0.2) is 0 Å². The molecule has 2 aromatic rings. The summed E-state index contributed by atoms with van der Waals surface area (Å²) in [4.78, 5) is 4.49. The summed E-state index contributed by atoms with van der Waals surface area (Å²) in [6.07, 6.45) is 0. The van der Waals surface area contributed by atoms with E-state index >= 15 is 0 Å². The maximum atomic E-state index is 11.7. The minimum Gasteiger partial charge on any atom is -0.481 e. The second-order valence-electron chi connectivity index (χ2n) is 4.26. The van der Waals surface area contributed by atoms with E-state index in [1.54, 1.807) is 37.4 Å². The smallest absolute Gasteiger partial charge is 0.240 e. The number of ether oxygens (including phenoxy) is 1. The van der Waals surface area contributed by atoms with Crippen molar-refractivity contribution in [1.82, 2.24) is 9.71 Å². The molecule has 0 aliphatic carbocycles. The Morgan fingerprint density at radius 2 is 1.95 bits per heavy atom. The lowest BCUT2D eigenvalue weighted by molar-refractivity contribution is 0.396. The summed E-state index contributed by atoms with van der Waals surface area (Å²) >= 11 is 0. The zero-order valence-electron chi connectivity index (χ0n) is 11.8. The van der Waals surface area contributed by atoms with Crippen LogP contribution in [0, 0.1) is 0 Å². The first-order valence-corrected chi connectivity index (χ1v) is 7.81. The van der Waals surface area contributed by atoms with Crippen molar-refractivity contribution in [2.75, 3.05) is 19.5 Å². The maximum Gasteiger partial charge on any atom is 0.240 e. The molecule has 21 heavy (non-hydrogen) atoms. The number of pyridine rings is 1. The number of hydrogen-bond donors (Lipinski definition) is 2. The lowest BCUT2D eigenvalue weighted by atomic mass is 10.3. The Balaban J connectivity index is 2.12. The Kier molecular flexibility index (Phi) is 4.77. The van der Waals surface area contributed by atoms with Crippen molar-refractivity contribution >= 4 is 15.7 Å². The molecule has 0 aliphatic heterocycles. The topological polar surface area (TPSA) is 80.3 Å². The van der Waals surface area contributed by atoms with Crippen LogP contribution in [0.1, 0.15) is 5.69 Å². The third-order valence-corrected chi connectivity index (χ3v) is 4.29. The Bertz CT molecular complexity index is 717. The molecule has 0 aliphatic rings. The fourth-order valence-corrected chi connectivity index (χ4v) is 2.53. The van der Waals surface area contributed by atoms with Crippen LogP contribution in [-0.2, 0) is 16.6 Å². The number of hydrogen-bond acceptors (Lipinski definition) is 5. The van der Waals surface area contributed by atoms with Gasteiger partial charge in [0.2, 0.25) is 15.9 Å². The average molecular weight is 307 g/mol. The Labute approximate surface area is 124 Å². The summed E-state index contributed by atoms with van der Waals surface area (Å²) in [7, 11) is -0.494. The second-order valence-corrected chi connectivity index (χ2v) is 6.15. The number of sulfonamides is 1. The first-order chi connectivity index (χ1) is 10.0. The van der Waals surface area contributed by atoms with Gasteiger partial charge in [-0.25, -0.2) is 18.1 Å². The SMILES string of the molecule is CNS(=O)(=O)c1cccc(NCc2cccc(OC)n2)c1. The molecule has 0 saturated heterocycles. The van der Waals surface area contributed by atoms with Crippen molar-refractivity contribution < 1.29 is 13.2 Å². The summed E-state index contributed by atoms with van der Waals surface area (Å²) in [6.45, 7) is 0.472. The Hall–Kier alpha value is -2.12. The summed E-state index contributed by atoms with van der Waals surface area (Å²) in [5.41, 5.74) is 1.51. The van der Waals surface area contributed by atoms with E-state index in [1.807, 2.05) is 12.1 Å². The highest BCUT2D eigenvalue weighted by Crippen LogP contribution is 2.16. The highest BCUT2D eigenvalue weighted by molar-refractivity contribution is 7.89. The van der Waals surface area contributed by atoms with E-state index in [0.29, 0.717) is 18.1 Å². The second kappa shape index (κ2) is 6.55. The van der Waals surface area contributed by atoms with E-state index in [9.17, 15) is 8.42 Å². The van der Waals surface area contributed by atoms with Gasteiger partial charge in [-0.3, -0.25) is 0 Å². The predicted molar refractivity (Wildman–Crippen MR) is 80.8 cm³/mol. The van der Waals surface area contributed by atoms with Gasteiger partial charge >= 0.3 is 0 Å². The number of nitrogens with one attached hydrogen (secondary N) is 2. The van der Waals surface area contributed by atoms with Crippen LogP contribution in [0.2, 0.25) is 0 Å². The van der Waals surface area contributed by atoms with Gasteiger partial charge in [-0.2, -0.15) is 0 Å². The third kappa shape index (κ3) is 3.93. The molecular weight excluding hydrogens is 290 g/mol. The van der Waals surface area contributed by atoms with E-state index in [4.69, 9.17) is 4.74 Å². The van der Waals surface area contributed by atoms with Gasteiger partial charge in [-0.05, 0) is 31.3 Å². The van der Waals surface area contributed by atoms with Crippen molar-refractivity contribution in [2.24, 2.45) is 0 Å². The molecule has 7 heteroatoms. The lowest BCUT2D eigenvalue weighted by Gasteiger charge is -2.09. The van der Waals surface area contributed by atoms with Crippen molar-refractivity contribution in [3.63, 3.8) is 0 Å². The van der Waals surface area contributed by atoms with E-state index in [0.717, 1.165) is 5.69 Å². The molecule has 0 unspecified atom stereocenters. The fourth-order valence-electron chi connectivity index (χ4n) is 1.75. The number of benzene rings is 1. The first kappa shape index (κ1) is 15.3. The number of nitrogens with zero attached hydrogens (tertiary/aromatic N) is 1. The monoisotopic (exact) mass is 307 g/mol. The average Bonchev–Trinajstić information content (AvgIpc) is 2.53. The van der Waals surface area contributed by atoms with E-state index in [-0.39, 0.29) is 4.90 Å². The van der Waals surface area contributed by atoms with Crippen LogP contribution >= 0.6 is 0 Å². The van der Waals surface area contributed by atoms with Gasteiger partial charge < -0.3 is 10.1 Å². The van der Waals surface area contributed by atoms with Crippen LogP contribution < -0.4 is 14.8 Å². The fraction of sp³-hybridized carbons (Fsp3) is 0.214. The van der Waals surface area contributed by atoms with Gasteiger partial charge in [-0.1, -0.05) is 12.1 Å². The summed E-state index contributed by atoms with van der Waals surface area (Å²) in [6, 6.07) is 12.1. The molecule has 0 spiro atoms. The van der Waals surface area contributed by atoms with Gasteiger partial charge in [0.05, 0.1) is 24.2 Å². The van der Waals surface area contributed by atoms with Crippen LogP contribution in [0.3, 0.4) is 0 Å². The molecule has 1 aromatic carbocycles. The van der Waals surface area contributed by atoms with Gasteiger partial charge in [-0.15, -0.1) is 0 Å². The molecule has 112 valence electrons. The summed E-state index contributed by atoms with van der Waals surface area (Å²) < 4.78 is 30.8. The molecule has 0 fully saturated rings. The molecule has 0 bridgehead atoms. The maximum absolute atomic E-state index is 11.7. The molecule has 0 atom stereocenters. The largest absolute Gasteiger partial charge is 0.481 e. The molecular formula is C14H17N3O3S. The first-order valence-electron chi connectivity index (χ1n) is 6.32. The van der Waals surface area contributed by atoms with Crippen LogP contribution in [-0.4, -0.2) is 27.6 Å². The lowest BCUT2D eigenvalue weighted by Crippen LogP contribution is -2.18. The van der Waals surface area contributed by atoms with E-state index in [1.165, 1.54) is 7.05 Å². The third-order valence-electron chi connectivity index (χ3n) is 2.88. The normalized spacial score (nSPS) is 11.1. The molecule has 6 nitrogen and oxygen atoms in total. The van der Waals surface area contributed by atoms with Crippen LogP contribution in [0.5, 0.6) is 5.88 Å². The van der Waals surface area contributed by atoms with Gasteiger partial charge in [0, 0.05) is 11.8 Å². The standard InChI is InChI=1S/C14H17N3O3S/c1-15-21(18,19)13-7-3-5-11(9-13)16-10-12-6-4-8-14(17-12)20-2/h3-9,15-16H,10H2,1-2H3. The van der Waals surface area contributed by atoms with E-state index < -0.39 is 10.0 Å². The minimum absolute atomic E-state index is 0.216. The molecule has 1 heterocycles. The summed E-state index contributed by atoms with van der Waals surface area (Å²) in [5.74, 6) is 0.542. The molecule has 2 rings (SSSR count).